The number of thiophene rings is 1. The third-order valence-corrected chi connectivity index (χ3v) is 7.57. The smallest absolute Gasteiger partial charge is 0.252 e. The van der Waals surface area contributed by atoms with Gasteiger partial charge in [-0.25, -0.2) is 13.4 Å². The molecule has 1 aliphatic rings. The van der Waals surface area contributed by atoms with Crippen LogP contribution in [0.15, 0.2) is 52.3 Å². The van der Waals surface area contributed by atoms with Crippen molar-refractivity contribution in [3.63, 3.8) is 0 Å². The zero-order valence-electron chi connectivity index (χ0n) is 13.1. The summed E-state index contributed by atoms with van der Waals surface area (Å²) in [5.74, 6) is 0. The second kappa shape index (κ2) is 6.29. The normalized spacial score (nSPS) is 17.5. The van der Waals surface area contributed by atoms with E-state index in [9.17, 15) is 8.42 Å². The largest absolute Gasteiger partial charge is 0.303 e. The van der Waals surface area contributed by atoms with Crippen LogP contribution in [0.5, 0.6) is 0 Å². The van der Waals surface area contributed by atoms with Crippen LogP contribution in [0.4, 0.5) is 0 Å². The van der Waals surface area contributed by atoms with Crippen molar-refractivity contribution in [2.45, 2.75) is 10.8 Å². The minimum atomic E-state index is -3.33. The van der Waals surface area contributed by atoms with Crippen LogP contribution in [0.25, 0.3) is 5.65 Å². The number of nitrogens with zero attached hydrogens (tertiary/aromatic N) is 4. The second-order valence-corrected chi connectivity index (χ2v) is 8.90. The van der Waals surface area contributed by atoms with E-state index in [-0.39, 0.29) is 0 Å². The highest BCUT2D eigenvalue weighted by atomic mass is 32.2. The van der Waals surface area contributed by atoms with E-state index in [1.807, 2.05) is 30.6 Å². The van der Waals surface area contributed by atoms with Crippen LogP contribution in [0, 0.1) is 0 Å². The molecule has 0 spiro atoms. The summed E-state index contributed by atoms with van der Waals surface area (Å²) in [7, 11) is -3.33. The molecule has 24 heavy (non-hydrogen) atoms. The molecular formula is C16H18N4O2S2. The monoisotopic (exact) mass is 362 g/mol. The maximum atomic E-state index is 12.6. The van der Waals surface area contributed by atoms with E-state index in [1.165, 1.54) is 11.3 Å². The number of fused-ring (bicyclic) bond motifs is 1. The maximum Gasteiger partial charge on any atom is 0.252 e. The number of sulfonamides is 1. The molecule has 0 aliphatic carbocycles. The zero-order valence-corrected chi connectivity index (χ0v) is 14.7. The summed E-state index contributed by atoms with van der Waals surface area (Å²) < 4.78 is 29.2. The average molecular weight is 362 g/mol. The van der Waals surface area contributed by atoms with Gasteiger partial charge in [-0.3, -0.25) is 4.90 Å². The van der Waals surface area contributed by atoms with Gasteiger partial charge in [0.2, 0.25) is 0 Å². The van der Waals surface area contributed by atoms with Gasteiger partial charge in [-0.1, -0.05) is 12.1 Å². The van der Waals surface area contributed by atoms with Crippen LogP contribution < -0.4 is 0 Å². The highest BCUT2D eigenvalue weighted by Crippen LogP contribution is 2.22. The molecule has 126 valence electrons. The van der Waals surface area contributed by atoms with Gasteiger partial charge in [-0.15, -0.1) is 11.3 Å². The Bertz CT molecular complexity index is 926. The molecule has 6 nitrogen and oxygen atoms in total. The lowest BCUT2D eigenvalue weighted by Crippen LogP contribution is -2.48. The highest BCUT2D eigenvalue weighted by Gasteiger charge is 2.29. The van der Waals surface area contributed by atoms with Crippen LogP contribution in [0.1, 0.15) is 5.69 Å². The number of piperazine rings is 1. The minimum Gasteiger partial charge on any atom is -0.303 e. The number of hydrogen-bond acceptors (Lipinski definition) is 5. The number of imidazole rings is 1. The predicted octanol–water partition coefficient (Wildman–Crippen LogP) is 1.90. The number of hydrogen-bond donors (Lipinski definition) is 0. The molecule has 4 rings (SSSR count). The molecule has 0 atom stereocenters. The van der Waals surface area contributed by atoms with Crippen LogP contribution in [-0.2, 0) is 16.6 Å². The summed E-state index contributed by atoms with van der Waals surface area (Å²) in [6.45, 7) is 3.28. The molecule has 0 radical (unpaired) electrons. The molecule has 0 unspecified atom stereocenters. The van der Waals surface area contributed by atoms with Gasteiger partial charge in [-0.2, -0.15) is 4.31 Å². The number of pyridine rings is 1. The molecule has 1 fully saturated rings. The molecule has 0 aromatic carbocycles. The quantitative estimate of drug-likeness (QED) is 0.711. The average Bonchev–Trinajstić information content (AvgIpc) is 3.26. The van der Waals surface area contributed by atoms with E-state index in [4.69, 9.17) is 0 Å². The Morgan fingerprint density at radius 1 is 1.08 bits per heavy atom. The van der Waals surface area contributed by atoms with E-state index in [1.54, 1.807) is 21.8 Å². The lowest BCUT2D eigenvalue weighted by molar-refractivity contribution is 0.180. The van der Waals surface area contributed by atoms with Crippen molar-refractivity contribution in [3.8, 4) is 0 Å². The van der Waals surface area contributed by atoms with Crippen molar-refractivity contribution in [1.82, 2.24) is 18.6 Å². The van der Waals surface area contributed by atoms with Gasteiger partial charge in [0.25, 0.3) is 10.0 Å². The maximum absolute atomic E-state index is 12.6. The molecule has 1 saturated heterocycles. The Morgan fingerprint density at radius 2 is 1.92 bits per heavy atom. The standard InChI is InChI=1S/C16H18N4O2S2/c21-24(22,16-5-3-11-23-16)19-9-7-18(8-10-19)13-14-12-17-15-4-1-2-6-20(14)15/h1-6,11-12H,7-10,13H2. The summed E-state index contributed by atoms with van der Waals surface area (Å²) in [5, 5.41) is 1.80. The van der Waals surface area contributed by atoms with Crippen molar-refractivity contribution in [1.29, 1.82) is 0 Å². The van der Waals surface area contributed by atoms with Crippen LogP contribution in [0.3, 0.4) is 0 Å². The zero-order chi connectivity index (χ0) is 16.6. The summed E-state index contributed by atoms with van der Waals surface area (Å²) in [6.07, 6.45) is 3.90. The SMILES string of the molecule is O=S(=O)(c1cccs1)N1CCN(Cc2cnc3ccccn23)CC1. The summed E-state index contributed by atoms with van der Waals surface area (Å²) >= 11 is 1.27. The first-order valence-corrected chi connectivity index (χ1v) is 10.1. The first-order valence-electron chi connectivity index (χ1n) is 7.81. The second-order valence-electron chi connectivity index (χ2n) is 5.79. The third-order valence-electron chi connectivity index (χ3n) is 4.30. The molecule has 0 amide bonds. The molecule has 4 heterocycles. The number of rotatable bonds is 4. The molecule has 3 aromatic heterocycles. The Hall–Kier alpha value is -1.74. The summed E-state index contributed by atoms with van der Waals surface area (Å²) in [4.78, 5) is 6.68. The van der Waals surface area contributed by atoms with Gasteiger partial charge in [0.1, 0.15) is 9.86 Å². The van der Waals surface area contributed by atoms with Crippen molar-refractivity contribution in [2.24, 2.45) is 0 Å². The lowest BCUT2D eigenvalue weighted by atomic mass is 10.3. The predicted molar refractivity (Wildman–Crippen MR) is 93.5 cm³/mol. The Kier molecular flexibility index (Phi) is 4.13. The van der Waals surface area contributed by atoms with E-state index in [0.29, 0.717) is 17.3 Å². The van der Waals surface area contributed by atoms with Crippen LogP contribution in [0.2, 0.25) is 0 Å². The van der Waals surface area contributed by atoms with E-state index in [0.717, 1.165) is 31.0 Å². The van der Waals surface area contributed by atoms with Gasteiger partial charge in [-0.05, 0) is 23.6 Å². The molecular weight excluding hydrogens is 344 g/mol. The Morgan fingerprint density at radius 3 is 2.67 bits per heavy atom. The Balaban J connectivity index is 1.43. The first kappa shape index (κ1) is 15.8. The summed E-state index contributed by atoms with van der Waals surface area (Å²) in [6, 6.07) is 9.39. The van der Waals surface area contributed by atoms with Gasteiger partial charge in [0.05, 0.1) is 11.9 Å². The molecule has 0 N–H and O–H groups in total. The Labute approximate surface area is 145 Å². The van der Waals surface area contributed by atoms with Crippen molar-refractivity contribution < 1.29 is 8.42 Å². The van der Waals surface area contributed by atoms with Gasteiger partial charge in [0, 0.05) is 38.9 Å². The topological polar surface area (TPSA) is 57.9 Å². The fourth-order valence-electron chi connectivity index (χ4n) is 3.00. The molecule has 1 aliphatic heterocycles. The molecule has 3 aromatic rings. The van der Waals surface area contributed by atoms with Gasteiger partial charge in [0.15, 0.2) is 0 Å². The molecule has 8 heteroatoms. The first-order chi connectivity index (χ1) is 11.6. The fraction of sp³-hybridized carbons (Fsp3) is 0.312. The highest BCUT2D eigenvalue weighted by molar-refractivity contribution is 7.91. The van der Waals surface area contributed by atoms with Crippen LogP contribution in [-0.4, -0.2) is 53.2 Å². The van der Waals surface area contributed by atoms with Crippen molar-refractivity contribution >= 4 is 27.0 Å². The van der Waals surface area contributed by atoms with Crippen molar-refractivity contribution in [2.75, 3.05) is 26.2 Å². The van der Waals surface area contributed by atoms with Crippen molar-refractivity contribution in [3.05, 3.63) is 53.8 Å². The van der Waals surface area contributed by atoms with E-state index < -0.39 is 10.0 Å². The third kappa shape index (κ3) is 2.86. The fourth-order valence-corrected chi connectivity index (χ4v) is 5.56. The van der Waals surface area contributed by atoms with E-state index >= 15 is 0 Å². The molecule has 0 saturated carbocycles. The minimum absolute atomic E-state index is 0.428. The number of aromatic nitrogens is 2. The van der Waals surface area contributed by atoms with E-state index in [2.05, 4.69) is 14.3 Å². The van der Waals surface area contributed by atoms with Crippen LogP contribution >= 0.6 is 11.3 Å². The lowest BCUT2D eigenvalue weighted by Gasteiger charge is -2.33. The van der Waals surface area contributed by atoms with Gasteiger partial charge >= 0.3 is 0 Å². The summed E-state index contributed by atoms with van der Waals surface area (Å²) in [5.41, 5.74) is 2.06. The van der Waals surface area contributed by atoms with Gasteiger partial charge < -0.3 is 4.40 Å². The molecule has 0 bridgehead atoms.